The Morgan fingerprint density at radius 1 is 1.64 bits per heavy atom. The lowest BCUT2D eigenvalue weighted by Crippen LogP contribution is -2.20. The van der Waals surface area contributed by atoms with Crippen LogP contribution in [0.15, 0.2) is 12.7 Å². The molecule has 0 aliphatic heterocycles. The predicted molar refractivity (Wildman–Crippen MR) is 47.3 cm³/mol. The van der Waals surface area contributed by atoms with E-state index in [9.17, 15) is 5.11 Å². The molecule has 64 valence electrons. The van der Waals surface area contributed by atoms with Crippen LogP contribution in [-0.4, -0.2) is 11.2 Å². The molecule has 1 aliphatic rings. The highest BCUT2D eigenvalue weighted by Gasteiger charge is 2.28. The van der Waals surface area contributed by atoms with E-state index in [1.807, 2.05) is 6.08 Å². The van der Waals surface area contributed by atoms with E-state index < -0.39 is 0 Å². The van der Waals surface area contributed by atoms with Crippen molar-refractivity contribution in [2.45, 2.75) is 38.7 Å². The summed E-state index contributed by atoms with van der Waals surface area (Å²) in [7, 11) is 0. The Labute approximate surface area is 69.1 Å². The zero-order chi connectivity index (χ0) is 8.27. The molecule has 0 radical (unpaired) electrons. The first kappa shape index (κ1) is 8.79. The van der Waals surface area contributed by atoms with Crippen LogP contribution in [-0.2, 0) is 0 Å². The molecule has 1 fully saturated rings. The van der Waals surface area contributed by atoms with E-state index in [1.54, 1.807) is 0 Å². The van der Waals surface area contributed by atoms with Crippen LogP contribution < -0.4 is 0 Å². The van der Waals surface area contributed by atoms with Crippen molar-refractivity contribution in [3.63, 3.8) is 0 Å². The zero-order valence-electron chi connectivity index (χ0n) is 7.29. The van der Waals surface area contributed by atoms with Gasteiger partial charge in [-0.3, -0.25) is 0 Å². The number of aliphatic hydroxyl groups excluding tert-OH is 1. The lowest BCUT2D eigenvalue weighted by Gasteiger charge is -2.20. The molecule has 0 amide bonds. The minimum Gasteiger partial charge on any atom is -0.393 e. The average Bonchev–Trinajstić information content (AvgIpc) is 2.36. The van der Waals surface area contributed by atoms with E-state index in [-0.39, 0.29) is 6.10 Å². The third kappa shape index (κ3) is 2.06. The fourth-order valence-corrected chi connectivity index (χ4v) is 2.07. The second-order valence-corrected chi connectivity index (χ2v) is 3.66. The molecule has 0 aromatic heterocycles. The summed E-state index contributed by atoms with van der Waals surface area (Å²) in [5, 5.41) is 9.55. The second-order valence-electron chi connectivity index (χ2n) is 3.66. The Morgan fingerprint density at radius 2 is 2.36 bits per heavy atom. The highest BCUT2D eigenvalue weighted by Crippen LogP contribution is 2.33. The molecule has 1 nitrogen and oxygen atoms in total. The maximum atomic E-state index is 9.55. The van der Waals surface area contributed by atoms with Gasteiger partial charge < -0.3 is 5.11 Å². The van der Waals surface area contributed by atoms with Crippen molar-refractivity contribution in [3.05, 3.63) is 12.7 Å². The highest BCUT2D eigenvalue weighted by molar-refractivity contribution is 4.83. The summed E-state index contributed by atoms with van der Waals surface area (Å²) < 4.78 is 0. The molecule has 1 rings (SSSR count). The van der Waals surface area contributed by atoms with Crippen LogP contribution >= 0.6 is 0 Å². The minimum atomic E-state index is -0.0371. The summed E-state index contributed by atoms with van der Waals surface area (Å²) in [6.07, 6.45) is 6.37. The van der Waals surface area contributed by atoms with Crippen molar-refractivity contribution in [2.75, 3.05) is 0 Å². The van der Waals surface area contributed by atoms with Crippen molar-refractivity contribution in [3.8, 4) is 0 Å². The van der Waals surface area contributed by atoms with Crippen molar-refractivity contribution in [2.24, 2.45) is 11.8 Å². The summed E-state index contributed by atoms with van der Waals surface area (Å²) in [6.45, 7) is 5.92. The van der Waals surface area contributed by atoms with Gasteiger partial charge in [0.25, 0.3) is 0 Å². The van der Waals surface area contributed by atoms with Gasteiger partial charge in [0.05, 0.1) is 6.10 Å². The van der Waals surface area contributed by atoms with Crippen LogP contribution in [0.3, 0.4) is 0 Å². The van der Waals surface area contributed by atoms with Gasteiger partial charge in [-0.15, -0.1) is 6.58 Å². The molecule has 1 aliphatic carbocycles. The molecule has 0 aromatic rings. The molecule has 0 aromatic carbocycles. The van der Waals surface area contributed by atoms with E-state index in [0.29, 0.717) is 11.8 Å². The highest BCUT2D eigenvalue weighted by atomic mass is 16.3. The van der Waals surface area contributed by atoms with Crippen LogP contribution in [0.25, 0.3) is 0 Å². The van der Waals surface area contributed by atoms with E-state index in [1.165, 1.54) is 12.8 Å². The molecular weight excluding hydrogens is 136 g/mol. The number of rotatable bonds is 3. The minimum absolute atomic E-state index is 0.0371. The van der Waals surface area contributed by atoms with Crippen LogP contribution in [0.4, 0.5) is 0 Å². The molecule has 0 spiro atoms. The van der Waals surface area contributed by atoms with Gasteiger partial charge in [0.1, 0.15) is 0 Å². The lowest BCUT2D eigenvalue weighted by molar-refractivity contribution is 0.104. The van der Waals surface area contributed by atoms with Gasteiger partial charge in [-0.25, -0.2) is 0 Å². The van der Waals surface area contributed by atoms with Crippen LogP contribution in [0.2, 0.25) is 0 Å². The van der Waals surface area contributed by atoms with Crippen LogP contribution in [0, 0.1) is 11.8 Å². The first-order valence-electron chi connectivity index (χ1n) is 4.54. The van der Waals surface area contributed by atoms with Crippen molar-refractivity contribution in [1.82, 2.24) is 0 Å². The Kier molecular flexibility index (Phi) is 3.13. The first-order valence-corrected chi connectivity index (χ1v) is 4.54. The fraction of sp³-hybridized carbons (Fsp3) is 0.800. The molecule has 0 bridgehead atoms. The number of aliphatic hydroxyl groups is 1. The molecule has 1 heteroatoms. The van der Waals surface area contributed by atoms with Crippen molar-refractivity contribution in [1.29, 1.82) is 0 Å². The molecule has 3 atom stereocenters. The number of allylic oxidation sites excluding steroid dienone is 1. The smallest absolute Gasteiger partial charge is 0.0571 e. The molecule has 0 heterocycles. The van der Waals surface area contributed by atoms with E-state index in [0.717, 1.165) is 12.8 Å². The Bertz CT molecular complexity index is 131. The standard InChI is InChI=1S/C10H18O/c1-3-5-8(2)9-6-4-7-10(9)11/h3,8-11H,1,4-7H2,2H3/t8?,9-,10+/m0/s1. The van der Waals surface area contributed by atoms with Gasteiger partial charge in [-0.05, 0) is 31.1 Å². The molecule has 0 saturated heterocycles. The van der Waals surface area contributed by atoms with E-state index in [2.05, 4.69) is 13.5 Å². The molecular formula is C10H18O. The second kappa shape index (κ2) is 3.91. The van der Waals surface area contributed by atoms with Gasteiger partial charge in [-0.1, -0.05) is 19.4 Å². The molecule has 1 N–H and O–H groups in total. The third-order valence-corrected chi connectivity index (χ3v) is 2.80. The Hall–Kier alpha value is -0.300. The summed E-state index contributed by atoms with van der Waals surface area (Å²) >= 11 is 0. The maximum absolute atomic E-state index is 9.55. The van der Waals surface area contributed by atoms with Gasteiger partial charge in [0, 0.05) is 0 Å². The monoisotopic (exact) mass is 154 g/mol. The maximum Gasteiger partial charge on any atom is 0.0571 e. The SMILES string of the molecule is C=CCC(C)[C@@H]1CCC[C@H]1O. The summed E-state index contributed by atoms with van der Waals surface area (Å²) in [5.74, 6) is 1.15. The summed E-state index contributed by atoms with van der Waals surface area (Å²) in [4.78, 5) is 0. The van der Waals surface area contributed by atoms with Crippen LogP contribution in [0.1, 0.15) is 32.6 Å². The zero-order valence-corrected chi connectivity index (χ0v) is 7.29. The molecule has 1 unspecified atom stereocenters. The van der Waals surface area contributed by atoms with E-state index >= 15 is 0 Å². The van der Waals surface area contributed by atoms with Gasteiger partial charge in [0.15, 0.2) is 0 Å². The third-order valence-electron chi connectivity index (χ3n) is 2.80. The quantitative estimate of drug-likeness (QED) is 0.619. The summed E-state index contributed by atoms with van der Waals surface area (Å²) in [6, 6.07) is 0. The lowest BCUT2D eigenvalue weighted by atomic mass is 9.88. The topological polar surface area (TPSA) is 20.2 Å². The number of hydrogen-bond donors (Lipinski definition) is 1. The Balaban J connectivity index is 2.38. The van der Waals surface area contributed by atoms with E-state index in [4.69, 9.17) is 0 Å². The fourth-order valence-electron chi connectivity index (χ4n) is 2.07. The first-order chi connectivity index (χ1) is 5.25. The average molecular weight is 154 g/mol. The molecule has 11 heavy (non-hydrogen) atoms. The number of hydrogen-bond acceptors (Lipinski definition) is 1. The van der Waals surface area contributed by atoms with Crippen molar-refractivity contribution >= 4 is 0 Å². The van der Waals surface area contributed by atoms with Gasteiger partial charge >= 0.3 is 0 Å². The largest absolute Gasteiger partial charge is 0.393 e. The summed E-state index contributed by atoms with van der Waals surface area (Å²) in [5.41, 5.74) is 0. The predicted octanol–water partition coefficient (Wildman–Crippen LogP) is 2.36. The van der Waals surface area contributed by atoms with Gasteiger partial charge in [-0.2, -0.15) is 0 Å². The normalized spacial score (nSPS) is 33.6. The van der Waals surface area contributed by atoms with Gasteiger partial charge in [0.2, 0.25) is 0 Å². The molecule has 1 saturated carbocycles. The Morgan fingerprint density at radius 3 is 2.82 bits per heavy atom. The van der Waals surface area contributed by atoms with Crippen molar-refractivity contribution < 1.29 is 5.11 Å². The van der Waals surface area contributed by atoms with Crippen LogP contribution in [0.5, 0.6) is 0 Å².